The Labute approximate surface area is 174 Å². The fraction of sp³-hybridized carbons (Fsp3) is 0.316. The molecule has 0 aliphatic carbocycles. The summed E-state index contributed by atoms with van der Waals surface area (Å²) in [4.78, 5) is 14.2. The van der Waals surface area contributed by atoms with E-state index in [-0.39, 0.29) is 47.0 Å². The van der Waals surface area contributed by atoms with Crippen LogP contribution in [0.5, 0.6) is 0 Å². The molecule has 1 amide bonds. The molecule has 1 fully saturated rings. The molecule has 0 unspecified atom stereocenters. The van der Waals surface area contributed by atoms with Crippen molar-refractivity contribution in [3.05, 3.63) is 63.6 Å². The Balaban J connectivity index is 1.62. The third-order valence-electron chi connectivity index (χ3n) is 4.63. The molecule has 1 aliphatic rings. The largest absolute Gasteiger partial charge is 0.392 e. The quantitative estimate of drug-likeness (QED) is 0.771. The number of hydrogen-bond acceptors (Lipinski definition) is 4. The number of halogens is 2. The Morgan fingerprint density at radius 1 is 0.929 bits per heavy atom. The fourth-order valence-electron chi connectivity index (χ4n) is 3.05. The molecule has 1 saturated heterocycles. The number of benzene rings is 2. The first-order chi connectivity index (χ1) is 13.3. The van der Waals surface area contributed by atoms with Gasteiger partial charge in [0.2, 0.25) is 15.9 Å². The summed E-state index contributed by atoms with van der Waals surface area (Å²) in [5.41, 5.74) is 1.64. The van der Waals surface area contributed by atoms with Crippen molar-refractivity contribution in [2.24, 2.45) is 0 Å². The molecule has 6 nitrogen and oxygen atoms in total. The van der Waals surface area contributed by atoms with Crippen LogP contribution in [0.15, 0.2) is 47.4 Å². The molecule has 28 heavy (non-hydrogen) atoms. The zero-order valence-corrected chi connectivity index (χ0v) is 17.3. The molecule has 1 N–H and O–H groups in total. The van der Waals surface area contributed by atoms with Crippen molar-refractivity contribution in [2.75, 3.05) is 26.2 Å². The minimum Gasteiger partial charge on any atom is -0.392 e. The standard InChI is InChI=1S/C19H20Cl2N2O4S/c20-16-10-17(21)12-18(11-16)28(26,27)23-7-5-22(6-8-23)19(25)9-14-1-3-15(13-24)4-2-14/h1-4,10-12,24H,5-9,13H2. The minimum atomic E-state index is -3.72. The van der Waals surface area contributed by atoms with Gasteiger partial charge in [0.15, 0.2) is 0 Å². The second-order valence-corrected chi connectivity index (χ2v) is 9.35. The van der Waals surface area contributed by atoms with E-state index in [0.29, 0.717) is 13.1 Å². The molecule has 0 spiro atoms. The summed E-state index contributed by atoms with van der Waals surface area (Å²) >= 11 is 11.8. The highest BCUT2D eigenvalue weighted by atomic mass is 35.5. The third-order valence-corrected chi connectivity index (χ3v) is 6.94. The lowest BCUT2D eigenvalue weighted by Gasteiger charge is -2.34. The van der Waals surface area contributed by atoms with Crippen LogP contribution >= 0.6 is 23.2 Å². The smallest absolute Gasteiger partial charge is 0.243 e. The molecule has 0 radical (unpaired) electrons. The van der Waals surface area contributed by atoms with E-state index >= 15 is 0 Å². The van der Waals surface area contributed by atoms with Crippen LogP contribution in [0.1, 0.15) is 11.1 Å². The van der Waals surface area contributed by atoms with E-state index < -0.39 is 10.0 Å². The SMILES string of the molecule is O=C(Cc1ccc(CO)cc1)N1CCN(S(=O)(=O)c2cc(Cl)cc(Cl)c2)CC1. The zero-order valence-electron chi connectivity index (χ0n) is 15.0. The Morgan fingerprint density at radius 3 is 2.00 bits per heavy atom. The monoisotopic (exact) mass is 442 g/mol. The number of rotatable bonds is 5. The van der Waals surface area contributed by atoms with Crippen LogP contribution in [0.4, 0.5) is 0 Å². The van der Waals surface area contributed by atoms with E-state index in [1.807, 2.05) is 12.1 Å². The summed E-state index contributed by atoms with van der Waals surface area (Å²) in [6, 6.07) is 11.4. The number of carbonyl (C=O) groups excluding carboxylic acids is 1. The highest BCUT2D eigenvalue weighted by Gasteiger charge is 2.30. The molecule has 1 aliphatic heterocycles. The van der Waals surface area contributed by atoms with E-state index in [4.69, 9.17) is 28.3 Å². The van der Waals surface area contributed by atoms with Gasteiger partial charge in [-0.2, -0.15) is 4.31 Å². The van der Waals surface area contributed by atoms with Crippen LogP contribution in [0.3, 0.4) is 0 Å². The van der Waals surface area contributed by atoms with E-state index in [9.17, 15) is 13.2 Å². The number of piperazine rings is 1. The predicted octanol–water partition coefficient (Wildman–Crippen LogP) is 2.56. The maximum Gasteiger partial charge on any atom is 0.243 e. The minimum absolute atomic E-state index is 0.0392. The predicted molar refractivity (Wildman–Crippen MR) is 108 cm³/mol. The second-order valence-electron chi connectivity index (χ2n) is 6.54. The van der Waals surface area contributed by atoms with Gasteiger partial charge in [-0.15, -0.1) is 0 Å². The van der Waals surface area contributed by atoms with Gasteiger partial charge in [-0.05, 0) is 29.3 Å². The number of amides is 1. The van der Waals surface area contributed by atoms with Gasteiger partial charge in [-0.25, -0.2) is 8.42 Å². The first kappa shape index (κ1) is 21.1. The van der Waals surface area contributed by atoms with E-state index in [1.54, 1.807) is 17.0 Å². The Kier molecular flexibility index (Phi) is 6.62. The van der Waals surface area contributed by atoms with Crippen molar-refractivity contribution in [3.8, 4) is 0 Å². The molecule has 0 saturated carbocycles. The van der Waals surface area contributed by atoms with Gasteiger partial charge in [0.25, 0.3) is 0 Å². The fourth-order valence-corrected chi connectivity index (χ4v) is 5.20. The number of nitrogens with zero attached hydrogens (tertiary/aromatic N) is 2. The van der Waals surface area contributed by atoms with Gasteiger partial charge >= 0.3 is 0 Å². The molecular formula is C19H20Cl2N2O4S. The number of hydrogen-bond donors (Lipinski definition) is 1. The summed E-state index contributed by atoms with van der Waals surface area (Å²) in [5.74, 6) is -0.0559. The van der Waals surface area contributed by atoms with Crippen molar-refractivity contribution < 1.29 is 18.3 Å². The highest BCUT2D eigenvalue weighted by Crippen LogP contribution is 2.25. The van der Waals surface area contributed by atoms with Crippen LogP contribution in [0.25, 0.3) is 0 Å². The first-order valence-electron chi connectivity index (χ1n) is 8.72. The first-order valence-corrected chi connectivity index (χ1v) is 10.9. The lowest BCUT2D eigenvalue weighted by Crippen LogP contribution is -2.50. The third kappa shape index (κ3) is 4.85. The van der Waals surface area contributed by atoms with Crippen molar-refractivity contribution in [1.82, 2.24) is 9.21 Å². The van der Waals surface area contributed by atoms with Crippen LogP contribution in [-0.2, 0) is 27.8 Å². The highest BCUT2D eigenvalue weighted by molar-refractivity contribution is 7.89. The zero-order chi connectivity index (χ0) is 20.3. The normalized spacial score (nSPS) is 15.6. The van der Waals surface area contributed by atoms with Gasteiger partial charge in [-0.1, -0.05) is 47.5 Å². The lowest BCUT2D eigenvalue weighted by molar-refractivity contribution is -0.131. The summed E-state index contributed by atoms with van der Waals surface area (Å²) < 4.78 is 27.0. The summed E-state index contributed by atoms with van der Waals surface area (Å²) in [7, 11) is -3.72. The van der Waals surface area contributed by atoms with Gasteiger partial charge in [0.1, 0.15) is 0 Å². The topological polar surface area (TPSA) is 77.9 Å². The molecule has 1 heterocycles. The van der Waals surface area contributed by atoms with Crippen LogP contribution in [-0.4, -0.2) is 54.8 Å². The second kappa shape index (κ2) is 8.80. The molecular weight excluding hydrogens is 423 g/mol. The van der Waals surface area contributed by atoms with Gasteiger partial charge < -0.3 is 10.0 Å². The van der Waals surface area contributed by atoms with E-state index in [1.165, 1.54) is 22.5 Å². The molecule has 150 valence electrons. The van der Waals surface area contributed by atoms with Crippen molar-refractivity contribution in [2.45, 2.75) is 17.9 Å². The van der Waals surface area contributed by atoms with Gasteiger partial charge in [-0.3, -0.25) is 4.79 Å². The molecule has 2 aromatic rings. The van der Waals surface area contributed by atoms with Gasteiger partial charge in [0.05, 0.1) is 17.9 Å². The molecule has 2 aromatic carbocycles. The Hall–Kier alpha value is -1.64. The summed E-state index contributed by atoms with van der Waals surface area (Å²) in [6.07, 6.45) is 0.238. The van der Waals surface area contributed by atoms with Crippen LogP contribution in [0, 0.1) is 0 Å². The molecule has 3 rings (SSSR count). The maximum absolute atomic E-state index is 12.8. The lowest BCUT2D eigenvalue weighted by atomic mass is 10.1. The Bertz CT molecular complexity index is 936. The van der Waals surface area contributed by atoms with Crippen molar-refractivity contribution in [3.63, 3.8) is 0 Å². The average molecular weight is 443 g/mol. The van der Waals surface area contributed by atoms with Crippen molar-refractivity contribution in [1.29, 1.82) is 0 Å². The van der Waals surface area contributed by atoms with Crippen molar-refractivity contribution >= 4 is 39.1 Å². The van der Waals surface area contributed by atoms with Crippen LogP contribution in [0.2, 0.25) is 10.0 Å². The summed E-state index contributed by atoms with van der Waals surface area (Å²) in [6.45, 7) is 1.02. The molecule has 0 bridgehead atoms. The Morgan fingerprint density at radius 2 is 1.46 bits per heavy atom. The van der Waals surface area contributed by atoms with E-state index in [0.717, 1.165) is 11.1 Å². The number of aliphatic hydroxyl groups excluding tert-OH is 1. The maximum atomic E-state index is 12.8. The number of aliphatic hydroxyl groups is 1. The molecule has 9 heteroatoms. The number of carbonyl (C=O) groups is 1. The van der Waals surface area contributed by atoms with E-state index in [2.05, 4.69) is 0 Å². The molecule has 0 atom stereocenters. The van der Waals surface area contributed by atoms with Gasteiger partial charge in [0, 0.05) is 36.2 Å². The number of sulfonamides is 1. The summed E-state index contributed by atoms with van der Waals surface area (Å²) in [5, 5.41) is 9.59. The van der Waals surface area contributed by atoms with Crippen LogP contribution < -0.4 is 0 Å². The average Bonchev–Trinajstić information content (AvgIpc) is 2.68. The molecule has 0 aromatic heterocycles.